The molecular formula is C18H14ClF3N4O2. The zero-order chi connectivity index (χ0) is 20.3. The van der Waals surface area contributed by atoms with Crippen molar-refractivity contribution in [2.24, 2.45) is 0 Å². The highest BCUT2D eigenvalue weighted by atomic mass is 35.5. The van der Waals surface area contributed by atoms with Crippen LogP contribution in [0.1, 0.15) is 21.8 Å². The van der Waals surface area contributed by atoms with Crippen LogP contribution in [0, 0.1) is 0 Å². The first kappa shape index (κ1) is 19.7. The Bertz CT molecular complexity index is 987. The maximum Gasteiger partial charge on any atom is 0.416 e. The molecule has 1 amide bonds. The minimum Gasteiger partial charge on any atom is -0.375 e. The third-order valence-electron chi connectivity index (χ3n) is 3.82. The number of carbonyl (C=O) groups excluding carboxylic acids is 1. The van der Waals surface area contributed by atoms with E-state index in [4.69, 9.17) is 16.1 Å². The molecule has 28 heavy (non-hydrogen) atoms. The lowest BCUT2D eigenvalue weighted by Crippen LogP contribution is -2.17. The van der Waals surface area contributed by atoms with Crippen LogP contribution in [-0.2, 0) is 12.7 Å². The molecule has 10 heteroatoms. The first-order valence-corrected chi connectivity index (χ1v) is 8.41. The summed E-state index contributed by atoms with van der Waals surface area (Å²) in [5.74, 6) is 0.106. The van der Waals surface area contributed by atoms with Gasteiger partial charge in [0.2, 0.25) is 11.7 Å². The molecule has 3 rings (SSSR count). The third-order valence-corrected chi connectivity index (χ3v) is 4.15. The fourth-order valence-electron chi connectivity index (χ4n) is 2.37. The summed E-state index contributed by atoms with van der Waals surface area (Å²) < 4.78 is 43.0. The Hall–Kier alpha value is -3.07. The fourth-order valence-corrected chi connectivity index (χ4v) is 2.55. The smallest absolute Gasteiger partial charge is 0.375 e. The van der Waals surface area contributed by atoms with Crippen molar-refractivity contribution >= 4 is 23.2 Å². The summed E-state index contributed by atoms with van der Waals surface area (Å²) in [6.45, 7) is 0.116. The van der Waals surface area contributed by atoms with Gasteiger partial charge >= 0.3 is 6.18 Å². The van der Waals surface area contributed by atoms with Gasteiger partial charge in [0.1, 0.15) is 0 Å². The molecule has 1 aromatic heterocycles. The first-order valence-electron chi connectivity index (χ1n) is 8.03. The Labute approximate surface area is 162 Å². The van der Waals surface area contributed by atoms with Gasteiger partial charge in [-0.2, -0.15) is 18.2 Å². The highest BCUT2D eigenvalue weighted by molar-refractivity contribution is 6.33. The maximum atomic E-state index is 12.6. The van der Waals surface area contributed by atoms with Crippen LogP contribution in [0.4, 0.5) is 18.9 Å². The van der Waals surface area contributed by atoms with Gasteiger partial charge in [0, 0.05) is 18.2 Å². The molecule has 0 saturated carbocycles. The second-order valence-corrected chi connectivity index (χ2v) is 6.12. The van der Waals surface area contributed by atoms with Gasteiger partial charge in [0.15, 0.2) is 0 Å². The number of halogens is 4. The summed E-state index contributed by atoms with van der Waals surface area (Å²) in [6, 6.07) is 9.19. The number of alkyl halides is 3. The topological polar surface area (TPSA) is 80.0 Å². The van der Waals surface area contributed by atoms with Crippen LogP contribution in [0.5, 0.6) is 0 Å². The average Bonchev–Trinajstić information content (AvgIpc) is 3.15. The average molecular weight is 411 g/mol. The van der Waals surface area contributed by atoms with E-state index < -0.39 is 11.7 Å². The van der Waals surface area contributed by atoms with Crippen molar-refractivity contribution in [3.8, 4) is 11.4 Å². The molecule has 0 aliphatic carbocycles. The summed E-state index contributed by atoms with van der Waals surface area (Å²) in [5, 5.41) is 9.67. The Balaban J connectivity index is 1.71. The second-order valence-electron chi connectivity index (χ2n) is 5.71. The molecule has 0 saturated heterocycles. The van der Waals surface area contributed by atoms with Gasteiger partial charge < -0.3 is 15.2 Å². The Morgan fingerprint density at radius 3 is 2.54 bits per heavy atom. The molecule has 146 valence electrons. The quantitative estimate of drug-likeness (QED) is 0.652. The SMILES string of the molecule is CNC(=O)c1ccc(Cl)c(NCc2nc(-c3ccc(C(F)(F)F)cc3)no2)c1. The molecule has 0 radical (unpaired) electrons. The van der Waals surface area contributed by atoms with Crippen LogP contribution in [0.3, 0.4) is 0 Å². The van der Waals surface area contributed by atoms with E-state index in [1.54, 1.807) is 18.2 Å². The van der Waals surface area contributed by atoms with Crippen molar-refractivity contribution in [1.29, 1.82) is 0 Å². The number of hydrogen-bond acceptors (Lipinski definition) is 5. The number of hydrogen-bond donors (Lipinski definition) is 2. The minimum absolute atomic E-state index is 0.116. The molecule has 0 unspecified atom stereocenters. The molecule has 3 aromatic rings. The number of benzene rings is 2. The van der Waals surface area contributed by atoms with E-state index in [-0.39, 0.29) is 24.2 Å². The number of rotatable bonds is 5. The maximum absolute atomic E-state index is 12.6. The largest absolute Gasteiger partial charge is 0.416 e. The predicted molar refractivity (Wildman–Crippen MR) is 96.9 cm³/mol. The van der Waals surface area contributed by atoms with Crippen molar-refractivity contribution in [3.63, 3.8) is 0 Å². The van der Waals surface area contributed by atoms with Gasteiger partial charge in [-0.25, -0.2) is 0 Å². The molecule has 6 nitrogen and oxygen atoms in total. The van der Waals surface area contributed by atoms with Crippen molar-refractivity contribution < 1.29 is 22.5 Å². The first-order chi connectivity index (χ1) is 13.3. The van der Waals surface area contributed by atoms with Crippen molar-refractivity contribution in [2.75, 3.05) is 12.4 Å². The van der Waals surface area contributed by atoms with Crippen LogP contribution in [-0.4, -0.2) is 23.1 Å². The molecule has 0 fully saturated rings. The normalized spacial score (nSPS) is 11.3. The Morgan fingerprint density at radius 2 is 1.89 bits per heavy atom. The van der Waals surface area contributed by atoms with Crippen LogP contribution in [0.15, 0.2) is 47.0 Å². The summed E-state index contributed by atoms with van der Waals surface area (Å²) in [4.78, 5) is 15.9. The van der Waals surface area contributed by atoms with E-state index in [9.17, 15) is 18.0 Å². The Morgan fingerprint density at radius 1 is 1.18 bits per heavy atom. The predicted octanol–water partition coefficient (Wildman–Crippen LogP) is 4.38. The second kappa shape index (κ2) is 7.89. The number of nitrogens with one attached hydrogen (secondary N) is 2. The molecule has 1 heterocycles. The molecule has 0 aliphatic heterocycles. The van der Waals surface area contributed by atoms with Gasteiger partial charge in [0.25, 0.3) is 5.91 Å². The van der Waals surface area contributed by atoms with Crippen LogP contribution >= 0.6 is 11.6 Å². The minimum atomic E-state index is -4.41. The number of anilines is 1. The highest BCUT2D eigenvalue weighted by Gasteiger charge is 2.30. The third kappa shape index (κ3) is 4.42. The number of nitrogens with zero attached hydrogens (tertiary/aromatic N) is 2. The lowest BCUT2D eigenvalue weighted by Gasteiger charge is -2.08. The summed E-state index contributed by atoms with van der Waals surface area (Å²) in [6.07, 6.45) is -4.41. The van der Waals surface area contributed by atoms with E-state index >= 15 is 0 Å². The molecule has 0 bridgehead atoms. The summed E-state index contributed by atoms with van der Waals surface area (Å²) in [7, 11) is 1.52. The van der Waals surface area contributed by atoms with Crippen LogP contribution < -0.4 is 10.6 Å². The zero-order valence-corrected chi connectivity index (χ0v) is 15.2. The molecule has 2 aromatic carbocycles. The standard InChI is InChI=1S/C18H14ClF3N4O2/c1-23-17(27)11-4-7-13(19)14(8-11)24-9-15-25-16(26-28-15)10-2-5-12(6-3-10)18(20,21)22/h2-8,24H,9H2,1H3,(H,23,27). The van der Waals surface area contributed by atoms with Gasteiger partial charge in [-0.1, -0.05) is 28.9 Å². The molecule has 0 aliphatic rings. The van der Waals surface area contributed by atoms with Gasteiger partial charge in [-0.05, 0) is 30.3 Å². The van der Waals surface area contributed by atoms with Crippen molar-refractivity contribution in [1.82, 2.24) is 15.5 Å². The summed E-state index contributed by atoms with van der Waals surface area (Å²) in [5.41, 5.74) is 0.553. The van der Waals surface area contributed by atoms with Gasteiger partial charge in [-0.3, -0.25) is 4.79 Å². The van der Waals surface area contributed by atoms with Crippen LogP contribution in [0.2, 0.25) is 5.02 Å². The van der Waals surface area contributed by atoms with Crippen molar-refractivity contribution in [3.05, 3.63) is 64.5 Å². The van der Waals surface area contributed by atoms with E-state index in [2.05, 4.69) is 20.8 Å². The van der Waals surface area contributed by atoms with Crippen molar-refractivity contribution in [2.45, 2.75) is 12.7 Å². The molecule has 0 atom stereocenters. The van der Waals surface area contributed by atoms with E-state index in [1.165, 1.54) is 19.2 Å². The fraction of sp³-hybridized carbons (Fsp3) is 0.167. The van der Waals surface area contributed by atoms with E-state index in [0.717, 1.165) is 12.1 Å². The zero-order valence-electron chi connectivity index (χ0n) is 14.5. The molecule has 2 N–H and O–H groups in total. The Kier molecular flexibility index (Phi) is 5.55. The molecular weight excluding hydrogens is 397 g/mol. The summed E-state index contributed by atoms with van der Waals surface area (Å²) >= 11 is 6.11. The molecule has 0 spiro atoms. The highest BCUT2D eigenvalue weighted by Crippen LogP contribution is 2.30. The number of aromatic nitrogens is 2. The van der Waals surface area contributed by atoms with Gasteiger partial charge in [-0.15, -0.1) is 0 Å². The van der Waals surface area contributed by atoms with Crippen LogP contribution in [0.25, 0.3) is 11.4 Å². The number of amides is 1. The van der Waals surface area contributed by atoms with E-state index in [1.807, 2.05) is 0 Å². The lowest BCUT2D eigenvalue weighted by molar-refractivity contribution is -0.137. The monoisotopic (exact) mass is 410 g/mol. The van der Waals surface area contributed by atoms with E-state index in [0.29, 0.717) is 21.8 Å². The van der Waals surface area contributed by atoms with Gasteiger partial charge in [0.05, 0.1) is 22.8 Å². The lowest BCUT2D eigenvalue weighted by atomic mass is 10.1. The number of carbonyl (C=O) groups is 1.